The van der Waals surface area contributed by atoms with E-state index in [9.17, 15) is 4.79 Å². The minimum absolute atomic E-state index is 0.165. The van der Waals surface area contributed by atoms with E-state index in [0.29, 0.717) is 16.6 Å². The fourth-order valence-corrected chi connectivity index (χ4v) is 3.12. The molecule has 0 atom stereocenters. The van der Waals surface area contributed by atoms with E-state index in [1.54, 1.807) is 0 Å². The Balaban J connectivity index is 1.94. The van der Waals surface area contributed by atoms with E-state index >= 15 is 0 Å². The minimum Gasteiger partial charge on any atom is -0.366 e. The van der Waals surface area contributed by atoms with Crippen LogP contribution in [0.25, 0.3) is 5.78 Å². The number of fused-ring (bicyclic) bond motifs is 1. The first-order valence-electron chi connectivity index (χ1n) is 6.24. The number of hydrogen-bond donors (Lipinski definition) is 1. The van der Waals surface area contributed by atoms with Crippen molar-refractivity contribution >= 4 is 29.0 Å². The molecule has 0 aromatic carbocycles. The van der Waals surface area contributed by atoms with Gasteiger partial charge in [-0.3, -0.25) is 4.79 Å². The monoisotopic (exact) mass is 290 g/mol. The molecule has 7 nitrogen and oxygen atoms in total. The average Bonchev–Trinajstić information content (AvgIpc) is 3.06. The number of nitrogens with two attached hydrogens (primary N) is 1. The molecule has 3 aromatic heterocycles. The van der Waals surface area contributed by atoms with Gasteiger partial charge in [-0.25, -0.2) is 4.57 Å². The summed E-state index contributed by atoms with van der Waals surface area (Å²) in [6.07, 6.45) is 2.37. The molecule has 3 aromatic rings. The van der Waals surface area contributed by atoms with Crippen LogP contribution in [0.2, 0.25) is 0 Å². The average molecular weight is 290 g/mol. The third-order valence-electron chi connectivity index (χ3n) is 2.85. The van der Waals surface area contributed by atoms with Gasteiger partial charge in [0.05, 0.1) is 4.88 Å². The quantitative estimate of drug-likeness (QED) is 0.788. The Morgan fingerprint density at radius 2 is 2.20 bits per heavy atom. The van der Waals surface area contributed by atoms with Crippen molar-refractivity contribution < 1.29 is 4.79 Å². The molecule has 3 rings (SSSR count). The van der Waals surface area contributed by atoms with Gasteiger partial charge in [-0.2, -0.15) is 9.61 Å². The molecule has 0 saturated heterocycles. The Morgan fingerprint density at radius 1 is 1.40 bits per heavy atom. The zero-order chi connectivity index (χ0) is 14.3. The molecule has 0 aliphatic rings. The van der Waals surface area contributed by atoms with Crippen molar-refractivity contribution in [1.29, 1.82) is 0 Å². The molecule has 0 bridgehead atoms. The van der Waals surface area contributed by atoms with Crippen molar-refractivity contribution in [3.05, 3.63) is 28.2 Å². The maximum atomic E-state index is 12.4. The van der Waals surface area contributed by atoms with Crippen LogP contribution in [0.1, 0.15) is 28.4 Å². The van der Waals surface area contributed by atoms with Gasteiger partial charge < -0.3 is 5.73 Å². The molecular weight excluding hydrogens is 276 g/mol. The van der Waals surface area contributed by atoms with Crippen LogP contribution >= 0.6 is 11.3 Å². The van der Waals surface area contributed by atoms with E-state index in [4.69, 9.17) is 5.73 Å². The fraction of sp³-hybridized carbons (Fsp3) is 0.333. The number of nitrogen functional groups attached to an aromatic ring is 1. The Kier molecular flexibility index (Phi) is 3.01. The van der Waals surface area contributed by atoms with Gasteiger partial charge >= 0.3 is 0 Å². The second-order valence-corrected chi connectivity index (χ2v) is 6.11. The van der Waals surface area contributed by atoms with Gasteiger partial charge in [0.25, 0.3) is 11.7 Å². The van der Waals surface area contributed by atoms with Crippen LogP contribution in [0.4, 0.5) is 5.95 Å². The summed E-state index contributed by atoms with van der Waals surface area (Å²) < 4.78 is 2.69. The van der Waals surface area contributed by atoms with Crippen LogP contribution in [0.5, 0.6) is 0 Å². The lowest BCUT2D eigenvalue weighted by Gasteiger charge is -2.00. The predicted molar refractivity (Wildman–Crippen MR) is 75.8 cm³/mol. The lowest BCUT2D eigenvalue weighted by molar-refractivity contribution is 0.0967. The second kappa shape index (κ2) is 4.71. The summed E-state index contributed by atoms with van der Waals surface area (Å²) in [6.45, 7) is 4.30. The minimum atomic E-state index is -0.167. The second-order valence-electron chi connectivity index (χ2n) is 4.94. The van der Waals surface area contributed by atoms with E-state index in [1.807, 2.05) is 12.1 Å². The summed E-state index contributed by atoms with van der Waals surface area (Å²) in [6, 6.07) is 3.82. The molecule has 0 aliphatic carbocycles. The molecule has 0 fully saturated rings. The summed E-state index contributed by atoms with van der Waals surface area (Å²) in [4.78, 5) is 14.3. The third-order valence-corrected chi connectivity index (χ3v) is 3.94. The highest BCUT2D eigenvalue weighted by atomic mass is 32.1. The molecule has 0 aliphatic heterocycles. The maximum absolute atomic E-state index is 12.4. The third kappa shape index (κ3) is 2.07. The fourth-order valence-electron chi connectivity index (χ4n) is 1.97. The first kappa shape index (κ1) is 12.8. The molecule has 2 N–H and O–H groups in total. The predicted octanol–water partition coefficient (Wildman–Crippen LogP) is 1.46. The Bertz CT molecular complexity index is 768. The first-order chi connectivity index (χ1) is 9.56. The number of nitrogens with zero attached hydrogens (tertiary/aromatic N) is 5. The molecular formula is C12H14N6OS. The summed E-state index contributed by atoms with van der Waals surface area (Å²) >= 11 is 1.50. The number of carbonyl (C=O) groups excluding carboxylic acids is 1. The van der Waals surface area contributed by atoms with E-state index in [-0.39, 0.29) is 11.9 Å². The smallest absolute Gasteiger partial charge is 0.276 e. The summed E-state index contributed by atoms with van der Waals surface area (Å²) in [5, 5.41) is 11.5. The van der Waals surface area contributed by atoms with Crippen LogP contribution in [0.3, 0.4) is 0 Å². The Morgan fingerprint density at radius 3 is 2.95 bits per heavy atom. The number of rotatable bonds is 3. The number of aromatic nitrogens is 5. The molecule has 3 heterocycles. The number of hydrogen-bond acceptors (Lipinski definition) is 6. The SMILES string of the molecule is CC(C)Cc1ccc(C(=O)n2cnn3c(N)nnc23)s1. The van der Waals surface area contributed by atoms with Crippen molar-refractivity contribution in [1.82, 2.24) is 24.4 Å². The van der Waals surface area contributed by atoms with E-state index in [2.05, 4.69) is 29.1 Å². The molecule has 0 saturated carbocycles. The van der Waals surface area contributed by atoms with Gasteiger partial charge in [-0.15, -0.1) is 21.5 Å². The van der Waals surface area contributed by atoms with Crippen molar-refractivity contribution in [3.63, 3.8) is 0 Å². The number of carbonyl (C=O) groups is 1. The van der Waals surface area contributed by atoms with Crippen molar-refractivity contribution in [3.8, 4) is 0 Å². The van der Waals surface area contributed by atoms with Gasteiger partial charge in [-0.1, -0.05) is 13.8 Å². The highest BCUT2D eigenvalue weighted by Gasteiger charge is 2.17. The molecule has 20 heavy (non-hydrogen) atoms. The lowest BCUT2D eigenvalue weighted by atomic mass is 10.1. The topological polar surface area (TPSA) is 91.1 Å². The summed E-state index contributed by atoms with van der Waals surface area (Å²) in [5.74, 6) is 0.886. The van der Waals surface area contributed by atoms with Crippen molar-refractivity contribution in [2.45, 2.75) is 20.3 Å². The van der Waals surface area contributed by atoms with Crippen LogP contribution in [-0.2, 0) is 6.42 Å². The van der Waals surface area contributed by atoms with Gasteiger partial charge in [0.2, 0.25) is 5.95 Å². The largest absolute Gasteiger partial charge is 0.366 e. The normalized spacial score (nSPS) is 11.6. The van der Waals surface area contributed by atoms with Crippen LogP contribution in [0.15, 0.2) is 18.5 Å². The molecule has 0 radical (unpaired) electrons. The molecule has 0 spiro atoms. The van der Waals surface area contributed by atoms with Gasteiger partial charge in [0, 0.05) is 4.88 Å². The number of thiophene rings is 1. The molecule has 0 amide bonds. The standard InChI is InChI=1S/C12H14N6OS/c1-7(2)5-8-3-4-9(20-8)10(19)17-6-14-18-11(13)15-16-12(17)18/h3-4,6-7H,5H2,1-2H3,(H2,13,15). The highest BCUT2D eigenvalue weighted by molar-refractivity contribution is 7.14. The number of anilines is 1. The van der Waals surface area contributed by atoms with Crippen LogP contribution in [0, 0.1) is 5.92 Å². The van der Waals surface area contributed by atoms with Gasteiger partial charge in [0.15, 0.2) is 0 Å². The van der Waals surface area contributed by atoms with Crippen LogP contribution < -0.4 is 5.73 Å². The van der Waals surface area contributed by atoms with E-state index in [0.717, 1.165) is 6.42 Å². The summed E-state index contributed by atoms with van der Waals surface area (Å²) in [5.41, 5.74) is 5.59. The molecule has 8 heteroatoms. The van der Waals surface area contributed by atoms with E-state index in [1.165, 1.54) is 31.6 Å². The Hall–Kier alpha value is -2.22. The van der Waals surface area contributed by atoms with Gasteiger partial charge in [-0.05, 0) is 24.5 Å². The molecule has 0 unspecified atom stereocenters. The maximum Gasteiger partial charge on any atom is 0.276 e. The zero-order valence-electron chi connectivity index (χ0n) is 11.1. The summed E-state index contributed by atoms with van der Waals surface area (Å²) in [7, 11) is 0. The molecule has 104 valence electrons. The van der Waals surface area contributed by atoms with E-state index < -0.39 is 0 Å². The lowest BCUT2D eigenvalue weighted by Crippen LogP contribution is -2.09. The Labute approximate surface area is 119 Å². The highest BCUT2D eigenvalue weighted by Crippen LogP contribution is 2.21. The van der Waals surface area contributed by atoms with Crippen molar-refractivity contribution in [2.75, 3.05) is 5.73 Å². The first-order valence-corrected chi connectivity index (χ1v) is 7.05. The zero-order valence-corrected chi connectivity index (χ0v) is 12.0. The van der Waals surface area contributed by atoms with Crippen LogP contribution in [-0.4, -0.2) is 30.3 Å². The van der Waals surface area contributed by atoms with Crippen molar-refractivity contribution in [2.24, 2.45) is 5.92 Å². The van der Waals surface area contributed by atoms with Gasteiger partial charge in [0.1, 0.15) is 6.33 Å².